The molecule has 0 spiro atoms. The Kier molecular flexibility index (Phi) is 6.67. The lowest BCUT2D eigenvalue weighted by Gasteiger charge is -2.33. The molecule has 1 saturated heterocycles. The van der Waals surface area contributed by atoms with Crippen molar-refractivity contribution in [3.05, 3.63) is 11.7 Å². The number of hydrogen-bond acceptors (Lipinski definition) is 5. The first-order valence-corrected chi connectivity index (χ1v) is 9.72. The molecule has 7 nitrogen and oxygen atoms in total. The molecule has 7 heteroatoms. The standard InChI is InChI=1S/C18H30N4O3/c1-2-19-18(23)22-11-6-5-9-15(22)17-20-16(21-25-17)10-12-24-13-14-7-3-4-8-14/h14-15H,2-13H2,1H3,(H,19,23). The second kappa shape index (κ2) is 9.17. The lowest BCUT2D eigenvalue weighted by Crippen LogP contribution is -2.44. The summed E-state index contributed by atoms with van der Waals surface area (Å²) >= 11 is 0. The fourth-order valence-corrected chi connectivity index (χ4v) is 3.78. The second-order valence-electron chi connectivity index (χ2n) is 7.06. The highest BCUT2D eigenvalue weighted by molar-refractivity contribution is 5.74. The first-order valence-electron chi connectivity index (χ1n) is 9.72. The number of carbonyl (C=O) groups excluding carboxylic acids is 1. The van der Waals surface area contributed by atoms with E-state index in [4.69, 9.17) is 9.26 Å². The molecule has 140 valence electrons. The summed E-state index contributed by atoms with van der Waals surface area (Å²) in [5.41, 5.74) is 0. The van der Waals surface area contributed by atoms with Crippen LogP contribution >= 0.6 is 0 Å². The van der Waals surface area contributed by atoms with E-state index in [1.807, 2.05) is 11.8 Å². The molecule has 1 aromatic heterocycles. The van der Waals surface area contributed by atoms with Gasteiger partial charge in [-0.05, 0) is 44.9 Å². The third-order valence-electron chi connectivity index (χ3n) is 5.16. The van der Waals surface area contributed by atoms with Gasteiger partial charge in [0.05, 0.1) is 6.61 Å². The van der Waals surface area contributed by atoms with E-state index < -0.39 is 0 Å². The van der Waals surface area contributed by atoms with Gasteiger partial charge in [-0.15, -0.1) is 0 Å². The molecule has 25 heavy (non-hydrogen) atoms. The molecule has 1 saturated carbocycles. The van der Waals surface area contributed by atoms with Crippen LogP contribution in [0, 0.1) is 5.92 Å². The maximum absolute atomic E-state index is 12.2. The van der Waals surface area contributed by atoms with Crippen molar-refractivity contribution in [2.45, 2.75) is 64.3 Å². The van der Waals surface area contributed by atoms with Gasteiger partial charge in [0.1, 0.15) is 6.04 Å². The van der Waals surface area contributed by atoms with Crippen LogP contribution in [0.25, 0.3) is 0 Å². The van der Waals surface area contributed by atoms with E-state index in [0.29, 0.717) is 31.3 Å². The number of aromatic nitrogens is 2. The highest BCUT2D eigenvalue weighted by atomic mass is 16.5. The molecule has 2 amide bonds. The lowest BCUT2D eigenvalue weighted by molar-refractivity contribution is 0.102. The maximum atomic E-state index is 12.2. The number of amides is 2. The van der Waals surface area contributed by atoms with Crippen LogP contribution < -0.4 is 5.32 Å². The molecule has 0 radical (unpaired) electrons. The number of likely N-dealkylation sites (tertiary alicyclic amines) is 1. The predicted octanol–water partition coefficient (Wildman–Crippen LogP) is 3.08. The minimum Gasteiger partial charge on any atom is -0.381 e. The quantitative estimate of drug-likeness (QED) is 0.764. The summed E-state index contributed by atoms with van der Waals surface area (Å²) in [5, 5.41) is 6.94. The van der Waals surface area contributed by atoms with Gasteiger partial charge < -0.3 is 19.5 Å². The number of carbonyl (C=O) groups is 1. The summed E-state index contributed by atoms with van der Waals surface area (Å²) in [6.45, 7) is 4.75. The Morgan fingerprint density at radius 3 is 2.88 bits per heavy atom. The monoisotopic (exact) mass is 350 g/mol. The molecular formula is C18H30N4O3. The van der Waals surface area contributed by atoms with Crippen LogP contribution in [-0.4, -0.2) is 47.4 Å². The van der Waals surface area contributed by atoms with Gasteiger partial charge in [0.15, 0.2) is 5.82 Å². The Morgan fingerprint density at radius 2 is 2.08 bits per heavy atom. The van der Waals surface area contributed by atoms with Gasteiger partial charge in [-0.2, -0.15) is 4.98 Å². The van der Waals surface area contributed by atoms with E-state index in [0.717, 1.165) is 38.3 Å². The topological polar surface area (TPSA) is 80.5 Å². The third kappa shape index (κ3) is 4.93. The van der Waals surface area contributed by atoms with Crippen LogP contribution in [0.1, 0.15) is 69.6 Å². The highest BCUT2D eigenvalue weighted by Gasteiger charge is 2.31. The Bertz CT molecular complexity index is 542. The number of nitrogens with one attached hydrogen (secondary N) is 1. The van der Waals surface area contributed by atoms with Gasteiger partial charge in [-0.25, -0.2) is 4.79 Å². The first kappa shape index (κ1) is 18.2. The smallest absolute Gasteiger partial charge is 0.318 e. The number of hydrogen-bond donors (Lipinski definition) is 1. The average molecular weight is 350 g/mol. The highest BCUT2D eigenvalue weighted by Crippen LogP contribution is 2.30. The van der Waals surface area contributed by atoms with Gasteiger partial charge in [0.25, 0.3) is 0 Å². The molecule has 1 aliphatic heterocycles. The van der Waals surface area contributed by atoms with Gasteiger partial charge in [-0.3, -0.25) is 0 Å². The molecule has 0 aromatic carbocycles. The lowest BCUT2D eigenvalue weighted by atomic mass is 10.0. The number of rotatable bonds is 7. The van der Waals surface area contributed by atoms with Crippen LogP contribution in [0.4, 0.5) is 4.79 Å². The molecule has 1 aromatic rings. The van der Waals surface area contributed by atoms with Gasteiger partial charge >= 0.3 is 6.03 Å². The molecule has 1 unspecified atom stereocenters. The van der Waals surface area contributed by atoms with Crippen LogP contribution in [0.3, 0.4) is 0 Å². The summed E-state index contributed by atoms with van der Waals surface area (Å²) in [4.78, 5) is 18.6. The van der Waals surface area contributed by atoms with Gasteiger partial charge in [-0.1, -0.05) is 18.0 Å². The van der Waals surface area contributed by atoms with Crippen LogP contribution in [0.15, 0.2) is 4.52 Å². The maximum Gasteiger partial charge on any atom is 0.318 e. The van der Waals surface area contributed by atoms with Crippen molar-refractivity contribution in [2.75, 3.05) is 26.3 Å². The molecule has 1 atom stereocenters. The average Bonchev–Trinajstić information content (AvgIpc) is 3.31. The van der Waals surface area contributed by atoms with E-state index >= 15 is 0 Å². The summed E-state index contributed by atoms with van der Waals surface area (Å²) in [6.07, 6.45) is 8.89. The van der Waals surface area contributed by atoms with E-state index in [9.17, 15) is 4.79 Å². The number of piperidine rings is 1. The van der Waals surface area contributed by atoms with Crippen molar-refractivity contribution in [3.63, 3.8) is 0 Å². The van der Waals surface area contributed by atoms with E-state index in [1.165, 1.54) is 25.7 Å². The molecule has 3 rings (SSSR count). The summed E-state index contributed by atoms with van der Waals surface area (Å²) in [6, 6.07) is -0.159. The minimum atomic E-state index is -0.110. The Balaban J connectivity index is 1.49. The zero-order valence-electron chi connectivity index (χ0n) is 15.2. The molecule has 2 heterocycles. The largest absolute Gasteiger partial charge is 0.381 e. The molecule has 1 N–H and O–H groups in total. The first-order chi connectivity index (χ1) is 12.3. The normalized spacial score (nSPS) is 21.6. The predicted molar refractivity (Wildman–Crippen MR) is 93.1 cm³/mol. The molecule has 1 aliphatic carbocycles. The third-order valence-corrected chi connectivity index (χ3v) is 5.16. The Labute approximate surface area is 149 Å². The molecule has 2 fully saturated rings. The molecular weight excluding hydrogens is 320 g/mol. The number of nitrogens with zero attached hydrogens (tertiary/aromatic N) is 3. The van der Waals surface area contributed by atoms with Crippen molar-refractivity contribution in [1.82, 2.24) is 20.4 Å². The summed E-state index contributed by atoms with van der Waals surface area (Å²) in [5.74, 6) is 1.95. The molecule has 0 bridgehead atoms. The van der Waals surface area contributed by atoms with Crippen molar-refractivity contribution < 1.29 is 14.1 Å². The van der Waals surface area contributed by atoms with Crippen molar-refractivity contribution >= 4 is 6.03 Å². The zero-order chi connectivity index (χ0) is 17.5. The number of urea groups is 1. The van der Waals surface area contributed by atoms with E-state index in [-0.39, 0.29) is 12.1 Å². The fraction of sp³-hybridized carbons (Fsp3) is 0.833. The van der Waals surface area contributed by atoms with Gasteiger partial charge in [0.2, 0.25) is 5.89 Å². The Morgan fingerprint density at radius 1 is 1.28 bits per heavy atom. The summed E-state index contributed by atoms with van der Waals surface area (Å²) < 4.78 is 11.2. The fourth-order valence-electron chi connectivity index (χ4n) is 3.78. The molecule has 2 aliphatic rings. The van der Waals surface area contributed by atoms with Crippen LogP contribution in [-0.2, 0) is 11.2 Å². The van der Waals surface area contributed by atoms with Crippen molar-refractivity contribution in [3.8, 4) is 0 Å². The SMILES string of the molecule is CCNC(=O)N1CCCCC1c1nc(CCOCC2CCCC2)no1. The van der Waals surface area contributed by atoms with Crippen molar-refractivity contribution in [1.29, 1.82) is 0 Å². The van der Waals surface area contributed by atoms with Crippen LogP contribution in [0.2, 0.25) is 0 Å². The second-order valence-corrected chi connectivity index (χ2v) is 7.06. The minimum absolute atomic E-state index is 0.0492. The van der Waals surface area contributed by atoms with Gasteiger partial charge in [0, 0.05) is 26.1 Å². The van der Waals surface area contributed by atoms with Crippen molar-refractivity contribution in [2.24, 2.45) is 5.92 Å². The zero-order valence-corrected chi connectivity index (χ0v) is 15.2. The van der Waals surface area contributed by atoms with Crippen LogP contribution in [0.5, 0.6) is 0 Å². The number of ether oxygens (including phenoxy) is 1. The Hall–Kier alpha value is -1.63. The van der Waals surface area contributed by atoms with E-state index in [2.05, 4.69) is 15.5 Å². The summed E-state index contributed by atoms with van der Waals surface area (Å²) in [7, 11) is 0. The van der Waals surface area contributed by atoms with E-state index in [1.54, 1.807) is 0 Å².